The number of hydrogen-bond acceptors (Lipinski definition) is 2. The van der Waals surface area contributed by atoms with Crippen molar-refractivity contribution in [1.29, 1.82) is 0 Å². The van der Waals surface area contributed by atoms with Crippen LogP contribution in [-0.4, -0.2) is 10.1 Å². The summed E-state index contributed by atoms with van der Waals surface area (Å²) in [5.41, 5.74) is 0.852. The number of nitrogens with zero attached hydrogens (tertiary/aromatic N) is 1. The number of unbranched alkanes of at least 4 members (excludes halogenated alkanes) is 2. The highest BCUT2D eigenvalue weighted by Gasteiger charge is 2.06. The molecular formula is C11H16ClNO. The van der Waals surface area contributed by atoms with Gasteiger partial charge >= 0.3 is 0 Å². The number of halogens is 1. The summed E-state index contributed by atoms with van der Waals surface area (Å²) >= 11 is 5.65. The topological polar surface area (TPSA) is 33.1 Å². The maximum atomic E-state index is 9.75. The van der Waals surface area contributed by atoms with Crippen LogP contribution in [0.4, 0.5) is 0 Å². The van der Waals surface area contributed by atoms with Crippen LogP contribution in [0.2, 0.25) is 5.15 Å². The molecule has 14 heavy (non-hydrogen) atoms. The second-order valence-electron chi connectivity index (χ2n) is 3.43. The standard InChI is InChI=1S/C11H16ClNO/c1-2-3-4-5-10(14)9-6-7-11(12)13-8-9/h6-8,10,14H,2-5H2,1H3/t10-/m0/s1. The summed E-state index contributed by atoms with van der Waals surface area (Å²) in [7, 11) is 0. The van der Waals surface area contributed by atoms with Crippen LogP contribution >= 0.6 is 11.6 Å². The third kappa shape index (κ3) is 3.64. The van der Waals surface area contributed by atoms with E-state index in [4.69, 9.17) is 11.6 Å². The maximum absolute atomic E-state index is 9.75. The zero-order valence-corrected chi connectivity index (χ0v) is 9.17. The highest BCUT2D eigenvalue weighted by atomic mass is 35.5. The van der Waals surface area contributed by atoms with Crippen molar-refractivity contribution in [2.24, 2.45) is 0 Å². The van der Waals surface area contributed by atoms with E-state index in [1.165, 1.54) is 6.42 Å². The number of rotatable bonds is 5. The average molecular weight is 214 g/mol. The number of hydrogen-bond donors (Lipinski definition) is 1. The monoisotopic (exact) mass is 213 g/mol. The first kappa shape index (κ1) is 11.5. The number of aliphatic hydroxyl groups excluding tert-OH is 1. The van der Waals surface area contributed by atoms with E-state index in [0.717, 1.165) is 24.8 Å². The van der Waals surface area contributed by atoms with E-state index in [1.54, 1.807) is 12.3 Å². The Morgan fingerprint density at radius 1 is 1.43 bits per heavy atom. The number of aromatic nitrogens is 1. The van der Waals surface area contributed by atoms with E-state index in [0.29, 0.717) is 5.15 Å². The van der Waals surface area contributed by atoms with Crippen molar-refractivity contribution in [2.45, 2.75) is 38.7 Å². The van der Waals surface area contributed by atoms with Crippen molar-refractivity contribution in [3.05, 3.63) is 29.0 Å². The molecule has 0 saturated heterocycles. The summed E-state index contributed by atoms with van der Waals surface area (Å²) in [5, 5.41) is 10.2. The van der Waals surface area contributed by atoms with Gasteiger partial charge in [-0.05, 0) is 18.1 Å². The highest BCUT2D eigenvalue weighted by Crippen LogP contribution is 2.19. The van der Waals surface area contributed by atoms with Crippen LogP contribution in [0.1, 0.15) is 44.3 Å². The summed E-state index contributed by atoms with van der Waals surface area (Å²) in [6.07, 6.45) is 5.44. The molecule has 0 saturated carbocycles. The van der Waals surface area contributed by atoms with Gasteiger partial charge in [-0.1, -0.05) is 43.9 Å². The van der Waals surface area contributed by atoms with Gasteiger partial charge in [0.1, 0.15) is 5.15 Å². The molecule has 1 aromatic rings. The van der Waals surface area contributed by atoms with Crippen molar-refractivity contribution in [3.8, 4) is 0 Å². The minimum absolute atomic E-state index is 0.397. The Morgan fingerprint density at radius 3 is 2.79 bits per heavy atom. The third-order valence-electron chi connectivity index (χ3n) is 2.22. The van der Waals surface area contributed by atoms with E-state index in [-0.39, 0.29) is 0 Å². The molecule has 0 unspecified atom stereocenters. The SMILES string of the molecule is CCCCC[C@H](O)c1ccc(Cl)nc1. The van der Waals surface area contributed by atoms with Crippen molar-refractivity contribution in [2.75, 3.05) is 0 Å². The quantitative estimate of drug-likeness (QED) is 0.601. The first-order chi connectivity index (χ1) is 6.74. The molecule has 0 aliphatic rings. The van der Waals surface area contributed by atoms with E-state index in [2.05, 4.69) is 11.9 Å². The molecule has 78 valence electrons. The van der Waals surface area contributed by atoms with E-state index in [1.807, 2.05) is 6.07 Å². The molecule has 0 aromatic carbocycles. The van der Waals surface area contributed by atoms with Crippen LogP contribution in [0, 0.1) is 0 Å². The minimum Gasteiger partial charge on any atom is -0.388 e. The Balaban J connectivity index is 2.43. The summed E-state index contributed by atoms with van der Waals surface area (Å²) in [6.45, 7) is 2.15. The molecule has 3 heteroatoms. The zero-order chi connectivity index (χ0) is 10.4. The van der Waals surface area contributed by atoms with E-state index < -0.39 is 6.10 Å². The van der Waals surface area contributed by atoms with Crippen LogP contribution in [0.3, 0.4) is 0 Å². The van der Waals surface area contributed by atoms with Crippen molar-refractivity contribution in [3.63, 3.8) is 0 Å². The lowest BCUT2D eigenvalue weighted by Crippen LogP contribution is -1.97. The molecule has 1 N–H and O–H groups in total. The van der Waals surface area contributed by atoms with Crippen molar-refractivity contribution >= 4 is 11.6 Å². The summed E-state index contributed by atoms with van der Waals surface area (Å²) in [5.74, 6) is 0. The average Bonchev–Trinajstić information content (AvgIpc) is 2.19. The fourth-order valence-corrected chi connectivity index (χ4v) is 1.45. The number of aliphatic hydroxyl groups is 1. The first-order valence-corrected chi connectivity index (χ1v) is 5.41. The molecule has 0 aliphatic carbocycles. The van der Waals surface area contributed by atoms with Gasteiger partial charge in [-0.15, -0.1) is 0 Å². The van der Waals surface area contributed by atoms with Crippen molar-refractivity contribution < 1.29 is 5.11 Å². The molecule has 1 heterocycles. The molecule has 1 aromatic heterocycles. The Morgan fingerprint density at radius 2 is 2.21 bits per heavy atom. The molecule has 1 rings (SSSR count). The molecule has 2 nitrogen and oxygen atoms in total. The highest BCUT2D eigenvalue weighted by molar-refractivity contribution is 6.29. The number of pyridine rings is 1. The fraction of sp³-hybridized carbons (Fsp3) is 0.545. The van der Waals surface area contributed by atoms with E-state index in [9.17, 15) is 5.11 Å². The molecule has 1 atom stereocenters. The van der Waals surface area contributed by atoms with Crippen LogP contribution in [0.25, 0.3) is 0 Å². The molecule has 0 fully saturated rings. The summed E-state index contributed by atoms with van der Waals surface area (Å²) in [6, 6.07) is 3.53. The Bertz CT molecular complexity index is 260. The second-order valence-corrected chi connectivity index (χ2v) is 3.81. The lowest BCUT2D eigenvalue weighted by molar-refractivity contribution is 0.163. The van der Waals surface area contributed by atoms with Gasteiger partial charge in [-0.2, -0.15) is 0 Å². The predicted octanol–water partition coefficient (Wildman–Crippen LogP) is 3.35. The fourth-order valence-electron chi connectivity index (χ4n) is 1.34. The molecule has 0 aliphatic heterocycles. The Labute approximate surface area is 89.9 Å². The van der Waals surface area contributed by atoms with Gasteiger partial charge in [-0.25, -0.2) is 4.98 Å². The largest absolute Gasteiger partial charge is 0.388 e. The van der Waals surface area contributed by atoms with Gasteiger partial charge in [-0.3, -0.25) is 0 Å². The lowest BCUT2D eigenvalue weighted by atomic mass is 10.1. The molecule has 0 amide bonds. The molecule has 0 spiro atoms. The van der Waals surface area contributed by atoms with Gasteiger partial charge in [0.25, 0.3) is 0 Å². The van der Waals surface area contributed by atoms with Gasteiger partial charge < -0.3 is 5.11 Å². The third-order valence-corrected chi connectivity index (χ3v) is 2.44. The Kier molecular flexibility index (Phi) is 4.91. The predicted molar refractivity (Wildman–Crippen MR) is 58.3 cm³/mol. The van der Waals surface area contributed by atoms with Crippen LogP contribution < -0.4 is 0 Å². The first-order valence-electron chi connectivity index (χ1n) is 5.03. The maximum Gasteiger partial charge on any atom is 0.129 e. The minimum atomic E-state index is -0.397. The van der Waals surface area contributed by atoms with Crippen LogP contribution in [-0.2, 0) is 0 Å². The molecule has 0 bridgehead atoms. The van der Waals surface area contributed by atoms with Gasteiger partial charge in [0.15, 0.2) is 0 Å². The molecular weight excluding hydrogens is 198 g/mol. The smallest absolute Gasteiger partial charge is 0.129 e. The second kappa shape index (κ2) is 5.99. The van der Waals surface area contributed by atoms with Gasteiger partial charge in [0.2, 0.25) is 0 Å². The molecule has 0 radical (unpaired) electrons. The summed E-state index contributed by atoms with van der Waals surface area (Å²) < 4.78 is 0. The van der Waals surface area contributed by atoms with Gasteiger partial charge in [0.05, 0.1) is 6.10 Å². The zero-order valence-electron chi connectivity index (χ0n) is 8.41. The van der Waals surface area contributed by atoms with Crippen LogP contribution in [0.5, 0.6) is 0 Å². The summed E-state index contributed by atoms with van der Waals surface area (Å²) in [4.78, 5) is 3.93. The van der Waals surface area contributed by atoms with Gasteiger partial charge in [0, 0.05) is 6.20 Å². The van der Waals surface area contributed by atoms with Crippen LogP contribution in [0.15, 0.2) is 18.3 Å². The normalized spacial score (nSPS) is 12.8. The lowest BCUT2D eigenvalue weighted by Gasteiger charge is -2.09. The van der Waals surface area contributed by atoms with Crippen molar-refractivity contribution in [1.82, 2.24) is 4.98 Å². The van der Waals surface area contributed by atoms with E-state index >= 15 is 0 Å². The Hall–Kier alpha value is -0.600.